The van der Waals surface area contributed by atoms with Crippen LogP contribution in [0.25, 0.3) is 6.08 Å². The molecule has 0 saturated heterocycles. The van der Waals surface area contributed by atoms with E-state index in [1.807, 2.05) is 6.07 Å². The van der Waals surface area contributed by atoms with Gasteiger partial charge in [-0.1, -0.05) is 12.1 Å². The third kappa shape index (κ3) is 2.23. The lowest BCUT2D eigenvalue weighted by molar-refractivity contribution is 0.628. The molecule has 1 nitrogen and oxygen atoms in total. The average Bonchev–Trinajstić information content (AvgIpc) is 2.04. The number of halogens is 1. The Morgan fingerprint density at radius 1 is 1.27 bits per heavy atom. The Hall–Kier alpha value is -1.62. The van der Waals surface area contributed by atoms with Gasteiger partial charge in [-0.3, -0.25) is 0 Å². The molecule has 0 atom stereocenters. The zero-order valence-electron chi connectivity index (χ0n) is 5.79. The molecule has 0 N–H and O–H groups in total. The van der Waals surface area contributed by atoms with Gasteiger partial charge in [-0.25, -0.2) is 4.39 Å². The maximum Gasteiger partial charge on any atom is 0.123 e. The highest BCUT2D eigenvalue weighted by atomic mass is 19.1. The van der Waals surface area contributed by atoms with Crippen LogP contribution in [0, 0.1) is 17.1 Å². The van der Waals surface area contributed by atoms with Crippen LogP contribution in [0.2, 0.25) is 0 Å². The molecule has 0 aliphatic heterocycles. The number of hydrogen-bond donors (Lipinski definition) is 0. The number of allylic oxidation sites excluding steroid dienone is 1. The van der Waals surface area contributed by atoms with E-state index in [0.29, 0.717) is 0 Å². The molecule has 1 aromatic carbocycles. The SMILES string of the molecule is N#CC=Cc1ccc(F)cc1. The van der Waals surface area contributed by atoms with Crippen LogP contribution in [-0.4, -0.2) is 0 Å². The van der Waals surface area contributed by atoms with Crippen LogP contribution in [-0.2, 0) is 0 Å². The van der Waals surface area contributed by atoms with Crippen LogP contribution in [0.1, 0.15) is 5.56 Å². The van der Waals surface area contributed by atoms with Crippen molar-refractivity contribution in [3.05, 3.63) is 41.7 Å². The highest BCUT2D eigenvalue weighted by Crippen LogP contribution is 2.03. The van der Waals surface area contributed by atoms with Gasteiger partial charge in [-0.2, -0.15) is 5.26 Å². The first-order chi connectivity index (χ1) is 5.33. The smallest absolute Gasteiger partial charge is 0.123 e. The maximum absolute atomic E-state index is 12.3. The molecule has 0 bridgehead atoms. The molecule has 0 spiro atoms. The molecule has 0 heterocycles. The highest BCUT2D eigenvalue weighted by molar-refractivity contribution is 5.51. The minimum atomic E-state index is -0.265. The van der Waals surface area contributed by atoms with Crippen molar-refractivity contribution in [2.45, 2.75) is 0 Å². The first-order valence-electron chi connectivity index (χ1n) is 3.14. The standard InChI is InChI=1S/C9H6FN/c10-9-5-3-8(4-6-9)2-1-7-11/h1-6H. The van der Waals surface area contributed by atoms with Gasteiger partial charge in [0, 0.05) is 6.08 Å². The Morgan fingerprint density at radius 2 is 1.91 bits per heavy atom. The molecule has 0 unspecified atom stereocenters. The zero-order valence-corrected chi connectivity index (χ0v) is 5.79. The van der Waals surface area contributed by atoms with Crippen molar-refractivity contribution in [1.82, 2.24) is 0 Å². The second-order valence-corrected chi connectivity index (χ2v) is 2.01. The molecular weight excluding hydrogens is 141 g/mol. The Labute approximate surface area is 64.4 Å². The first-order valence-corrected chi connectivity index (χ1v) is 3.14. The topological polar surface area (TPSA) is 23.8 Å². The Bertz CT molecular complexity index is 292. The summed E-state index contributed by atoms with van der Waals surface area (Å²) < 4.78 is 12.3. The van der Waals surface area contributed by atoms with Crippen molar-refractivity contribution < 1.29 is 4.39 Å². The summed E-state index contributed by atoms with van der Waals surface area (Å²) in [6, 6.07) is 7.80. The summed E-state index contributed by atoms with van der Waals surface area (Å²) in [6.45, 7) is 0. The van der Waals surface area contributed by atoms with Gasteiger partial charge in [0.15, 0.2) is 0 Å². The lowest BCUT2D eigenvalue weighted by Gasteiger charge is -1.89. The van der Waals surface area contributed by atoms with Crippen LogP contribution < -0.4 is 0 Å². The molecule has 11 heavy (non-hydrogen) atoms. The number of nitriles is 1. The van der Waals surface area contributed by atoms with Gasteiger partial charge in [0.2, 0.25) is 0 Å². The second-order valence-electron chi connectivity index (χ2n) is 2.01. The maximum atomic E-state index is 12.3. The van der Waals surface area contributed by atoms with Crippen molar-refractivity contribution in [3.8, 4) is 6.07 Å². The van der Waals surface area contributed by atoms with Crippen molar-refractivity contribution in [2.75, 3.05) is 0 Å². The highest BCUT2D eigenvalue weighted by Gasteiger charge is 1.86. The molecule has 1 rings (SSSR count). The van der Waals surface area contributed by atoms with Crippen LogP contribution in [0.4, 0.5) is 4.39 Å². The van der Waals surface area contributed by atoms with E-state index in [0.717, 1.165) is 5.56 Å². The molecule has 0 amide bonds. The minimum Gasteiger partial charge on any atom is -0.207 e. The normalized spacial score (nSPS) is 9.82. The summed E-state index contributed by atoms with van der Waals surface area (Å²) in [5, 5.41) is 8.17. The molecule has 0 fully saturated rings. The van der Waals surface area contributed by atoms with Crippen molar-refractivity contribution >= 4 is 6.08 Å². The van der Waals surface area contributed by atoms with E-state index in [2.05, 4.69) is 0 Å². The van der Waals surface area contributed by atoms with Gasteiger partial charge < -0.3 is 0 Å². The second kappa shape index (κ2) is 3.52. The van der Waals surface area contributed by atoms with E-state index in [1.54, 1.807) is 18.2 Å². The molecular formula is C9H6FN. The van der Waals surface area contributed by atoms with Gasteiger partial charge in [-0.05, 0) is 23.8 Å². The number of rotatable bonds is 1. The summed E-state index contributed by atoms with van der Waals surface area (Å²) in [5.74, 6) is -0.265. The number of hydrogen-bond acceptors (Lipinski definition) is 1. The molecule has 0 saturated carbocycles. The third-order valence-electron chi connectivity index (χ3n) is 1.22. The van der Waals surface area contributed by atoms with Crippen molar-refractivity contribution in [2.24, 2.45) is 0 Å². The van der Waals surface area contributed by atoms with Gasteiger partial charge in [0.25, 0.3) is 0 Å². The van der Waals surface area contributed by atoms with E-state index >= 15 is 0 Å². The summed E-state index contributed by atoms with van der Waals surface area (Å²) in [5.41, 5.74) is 0.827. The van der Waals surface area contributed by atoms with E-state index in [4.69, 9.17) is 5.26 Å². The summed E-state index contributed by atoms with van der Waals surface area (Å²) >= 11 is 0. The largest absolute Gasteiger partial charge is 0.207 e. The van der Waals surface area contributed by atoms with E-state index in [1.165, 1.54) is 18.2 Å². The van der Waals surface area contributed by atoms with E-state index in [9.17, 15) is 4.39 Å². The third-order valence-corrected chi connectivity index (χ3v) is 1.22. The zero-order chi connectivity index (χ0) is 8.10. The Kier molecular flexibility index (Phi) is 2.40. The van der Waals surface area contributed by atoms with Crippen molar-refractivity contribution in [3.63, 3.8) is 0 Å². The predicted octanol–water partition coefficient (Wildman–Crippen LogP) is 2.36. The van der Waals surface area contributed by atoms with Crippen molar-refractivity contribution in [1.29, 1.82) is 5.26 Å². The summed E-state index contributed by atoms with van der Waals surface area (Å²) in [6.07, 6.45) is 2.98. The minimum absolute atomic E-state index is 0.265. The molecule has 0 aliphatic carbocycles. The van der Waals surface area contributed by atoms with Gasteiger partial charge >= 0.3 is 0 Å². The first kappa shape index (κ1) is 7.49. The fourth-order valence-electron chi connectivity index (χ4n) is 0.707. The monoisotopic (exact) mass is 147 g/mol. The molecule has 54 valence electrons. The average molecular weight is 147 g/mol. The molecule has 1 aromatic rings. The lowest BCUT2D eigenvalue weighted by Crippen LogP contribution is -1.73. The number of nitrogens with zero attached hydrogens (tertiary/aromatic N) is 1. The van der Waals surface area contributed by atoms with Gasteiger partial charge in [-0.15, -0.1) is 0 Å². The molecule has 2 heteroatoms. The van der Waals surface area contributed by atoms with Gasteiger partial charge in [0.1, 0.15) is 5.82 Å². The van der Waals surface area contributed by atoms with Crippen LogP contribution in [0.15, 0.2) is 30.3 Å². The number of benzene rings is 1. The molecule has 0 aromatic heterocycles. The molecule has 0 radical (unpaired) electrons. The predicted molar refractivity (Wildman–Crippen MR) is 41.0 cm³/mol. The van der Waals surface area contributed by atoms with Crippen LogP contribution in [0.3, 0.4) is 0 Å². The molecule has 0 aliphatic rings. The van der Waals surface area contributed by atoms with Crippen LogP contribution in [0.5, 0.6) is 0 Å². The van der Waals surface area contributed by atoms with Gasteiger partial charge in [0.05, 0.1) is 6.07 Å². The fraction of sp³-hybridized carbons (Fsp3) is 0. The van der Waals surface area contributed by atoms with E-state index in [-0.39, 0.29) is 5.82 Å². The lowest BCUT2D eigenvalue weighted by atomic mass is 10.2. The summed E-state index contributed by atoms with van der Waals surface area (Å²) in [4.78, 5) is 0. The Morgan fingerprint density at radius 3 is 2.45 bits per heavy atom. The van der Waals surface area contributed by atoms with E-state index < -0.39 is 0 Å². The fourth-order valence-corrected chi connectivity index (χ4v) is 0.707. The quantitative estimate of drug-likeness (QED) is 0.559. The van der Waals surface area contributed by atoms with Crippen LogP contribution >= 0.6 is 0 Å². The summed E-state index contributed by atoms with van der Waals surface area (Å²) in [7, 11) is 0. The Balaban J connectivity index is 2.84.